The highest BCUT2D eigenvalue weighted by Crippen LogP contribution is 2.56. The van der Waals surface area contributed by atoms with E-state index in [1.165, 1.54) is 24.3 Å². The van der Waals surface area contributed by atoms with E-state index >= 15 is 0 Å². The first-order chi connectivity index (χ1) is 15.0. The molecular formula is C17H10F10O5S2. The Balaban J connectivity index is 2.72. The van der Waals surface area contributed by atoms with Crippen molar-refractivity contribution in [2.75, 3.05) is 0 Å². The molecule has 2 rings (SSSR count). The number of benzene rings is 2. The maximum atomic E-state index is 14.3. The van der Waals surface area contributed by atoms with Crippen molar-refractivity contribution in [1.82, 2.24) is 0 Å². The quantitative estimate of drug-likeness (QED) is 0.386. The molecular weight excluding hydrogens is 538 g/mol. The Kier molecular flexibility index (Phi) is 6.62. The van der Waals surface area contributed by atoms with Crippen LogP contribution in [0.2, 0.25) is 0 Å². The van der Waals surface area contributed by atoms with E-state index in [9.17, 15) is 60.7 Å². The molecule has 0 saturated carbocycles. The first kappa shape index (κ1) is 27.8. The number of sulfone groups is 1. The Bertz CT molecular complexity index is 1300. The van der Waals surface area contributed by atoms with Crippen LogP contribution in [0.3, 0.4) is 0 Å². The lowest BCUT2D eigenvalue weighted by Crippen LogP contribution is -2.66. The Hall–Kier alpha value is -2.40. The molecule has 190 valence electrons. The van der Waals surface area contributed by atoms with Crippen LogP contribution in [0, 0.1) is 18.6 Å². The summed E-state index contributed by atoms with van der Waals surface area (Å²) in [6, 6.07) is 5.42. The lowest BCUT2D eigenvalue weighted by Gasteiger charge is -2.34. The molecule has 0 aliphatic rings. The highest BCUT2D eigenvalue weighted by atomic mass is 32.2. The SMILES string of the molecule is Cc1ccc(-c2cc(F)c(S(=O)(=O)C(F)(F)C(F)(F)C(F)(F)C(F)(F)S(=O)(=O)O)c(F)c2)cc1. The number of rotatable bonds is 7. The van der Waals surface area contributed by atoms with Crippen molar-refractivity contribution in [2.24, 2.45) is 0 Å². The average Bonchev–Trinajstić information content (AvgIpc) is 2.66. The topological polar surface area (TPSA) is 88.5 Å². The van der Waals surface area contributed by atoms with Crippen LogP contribution in [0.4, 0.5) is 43.9 Å². The maximum Gasteiger partial charge on any atom is 0.438 e. The van der Waals surface area contributed by atoms with E-state index in [0.29, 0.717) is 5.56 Å². The fourth-order valence-corrected chi connectivity index (χ4v) is 4.36. The van der Waals surface area contributed by atoms with E-state index in [0.717, 1.165) is 0 Å². The maximum absolute atomic E-state index is 14.3. The summed E-state index contributed by atoms with van der Waals surface area (Å²) in [7, 11) is -15.1. The third kappa shape index (κ3) is 3.92. The second kappa shape index (κ2) is 8.08. The van der Waals surface area contributed by atoms with Crippen LogP contribution in [0.5, 0.6) is 0 Å². The molecule has 34 heavy (non-hydrogen) atoms. The van der Waals surface area contributed by atoms with Gasteiger partial charge in [-0.3, -0.25) is 4.55 Å². The fourth-order valence-electron chi connectivity index (χ4n) is 2.55. The second-order valence-corrected chi connectivity index (χ2v) is 10.2. The zero-order chi connectivity index (χ0) is 26.7. The largest absolute Gasteiger partial charge is 0.438 e. The molecule has 5 nitrogen and oxygen atoms in total. The minimum absolute atomic E-state index is 0.0243. The van der Waals surface area contributed by atoms with Crippen LogP contribution in [0.25, 0.3) is 11.1 Å². The molecule has 0 aromatic heterocycles. The summed E-state index contributed by atoms with van der Waals surface area (Å²) >= 11 is 0. The Morgan fingerprint density at radius 2 is 1.06 bits per heavy atom. The van der Waals surface area contributed by atoms with E-state index in [-0.39, 0.29) is 17.7 Å². The molecule has 17 heteroatoms. The molecule has 0 aliphatic carbocycles. The Morgan fingerprint density at radius 1 is 0.676 bits per heavy atom. The lowest BCUT2D eigenvalue weighted by molar-refractivity contribution is -0.326. The van der Waals surface area contributed by atoms with Gasteiger partial charge in [0.2, 0.25) is 0 Å². The standard InChI is InChI=1S/C17H10F10O5S2/c1-8-2-4-9(5-3-8)10-6-11(18)13(12(19)7-10)33(28,29)16(24,25)14(20,21)15(22,23)17(26,27)34(30,31)32/h2-7H,1H3,(H,30,31,32). The van der Waals surface area contributed by atoms with Crippen LogP contribution < -0.4 is 0 Å². The number of hydrogen-bond donors (Lipinski definition) is 1. The van der Waals surface area contributed by atoms with Gasteiger partial charge in [0, 0.05) is 0 Å². The van der Waals surface area contributed by atoms with Gasteiger partial charge in [-0.2, -0.15) is 43.5 Å². The van der Waals surface area contributed by atoms with Crippen LogP contribution >= 0.6 is 0 Å². The van der Waals surface area contributed by atoms with Gasteiger partial charge in [-0.15, -0.1) is 0 Å². The van der Waals surface area contributed by atoms with Gasteiger partial charge in [-0.1, -0.05) is 29.8 Å². The number of hydrogen-bond acceptors (Lipinski definition) is 4. The summed E-state index contributed by atoms with van der Waals surface area (Å²) in [5, 5.41) is -14.8. The summed E-state index contributed by atoms with van der Waals surface area (Å²) in [6.45, 7) is 1.60. The summed E-state index contributed by atoms with van der Waals surface area (Å²) in [5.74, 6) is -20.5. The fraction of sp³-hybridized carbons (Fsp3) is 0.294. The van der Waals surface area contributed by atoms with Crippen molar-refractivity contribution >= 4 is 20.0 Å². The molecule has 0 aliphatic heterocycles. The zero-order valence-electron chi connectivity index (χ0n) is 16.1. The van der Waals surface area contributed by atoms with E-state index in [1.807, 2.05) is 0 Å². The molecule has 0 saturated heterocycles. The zero-order valence-corrected chi connectivity index (χ0v) is 17.8. The van der Waals surface area contributed by atoms with E-state index < -0.39 is 64.4 Å². The monoisotopic (exact) mass is 548 g/mol. The van der Waals surface area contributed by atoms with Crippen molar-refractivity contribution in [1.29, 1.82) is 0 Å². The average molecular weight is 548 g/mol. The van der Waals surface area contributed by atoms with Gasteiger partial charge >= 0.3 is 32.5 Å². The molecule has 0 atom stereocenters. The van der Waals surface area contributed by atoms with Crippen molar-refractivity contribution in [2.45, 2.75) is 34.2 Å². The van der Waals surface area contributed by atoms with Gasteiger partial charge in [0.15, 0.2) is 0 Å². The summed E-state index contributed by atoms with van der Waals surface area (Å²) < 4.78 is 191. The second-order valence-electron chi connectivity index (χ2n) is 6.80. The number of halogens is 10. The van der Waals surface area contributed by atoms with Crippen LogP contribution in [-0.2, 0) is 20.0 Å². The highest BCUT2D eigenvalue weighted by molar-refractivity contribution is 7.92. The third-order valence-corrected chi connectivity index (χ3v) is 7.20. The lowest BCUT2D eigenvalue weighted by atomic mass is 10.0. The van der Waals surface area contributed by atoms with E-state index in [1.54, 1.807) is 6.92 Å². The van der Waals surface area contributed by atoms with Crippen molar-refractivity contribution in [3.8, 4) is 11.1 Å². The normalized spacial score (nSPS) is 14.4. The minimum Gasteiger partial charge on any atom is -0.281 e. The summed E-state index contributed by atoms with van der Waals surface area (Å²) in [6.07, 6.45) is 0. The minimum atomic E-state index is -7.81. The molecule has 0 unspecified atom stereocenters. The van der Waals surface area contributed by atoms with Gasteiger partial charge in [-0.25, -0.2) is 17.2 Å². The van der Waals surface area contributed by atoms with E-state index in [2.05, 4.69) is 0 Å². The molecule has 2 aromatic carbocycles. The molecule has 0 fully saturated rings. The molecule has 0 heterocycles. The van der Waals surface area contributed by atoms with Gasteiger partial charge in [0.25, 0.3) is 9.84 Å². The predicted molar refractivity (Wildman–Crippen MR) is 95.1 cm³/mol. The van der Waals surface area contributed by atoms with Crippen LogP contribution in [0.1, 0.15) is 5.56 Å². The molecule has 2 aromatic rings. The summed E-state index contributed by atoms with van der Waals surface area (Å²) in [5.41, 5.74) is 0.115. The predicted octanol–water partition coefficient (Wildman–Crippen LogP) is 5.06. The van der Waals surface area contributed by atoms with Gasteiger partial charge in [0.05, 0.1) is 0 Å². The van der Waals surface area contributed by atoms with E-state index in [4.69, 9.17) is 4.55 Å². The molecule has 0 spiro atoms. The van der Waals surface area contributed by atoms with Crippen LogP contribution in [0.15, 0.2) is 41.3 Å². The van der Waals surface area contributed by atoms with Crippen molar-refractivity contribution < 1.29 is 65.3 Å². The number of alkyl halides is 8. The molecule has 1 N–H and O–H groups in total. The van der Waals surface area contributed by atoms with Crippen molar-refractivity contribution in [3.63, 3.8) is 0 Å². The van der Waals surface area contributed by atoms with Crippen molar-refractivity contribution in [3.05, 3.63) is 53.6 Å². The highest BCUT2D eigenvalue weighted by Gasteiger charge is 2.87. The van der Waals surface area contributed by atoms with Gasteiger partial charge < -0.3 is 0 Å². The summed E-state index contributed by atoms with van der Waals surface area (Å²) in [4.78, 5) is -2.88. The first-order valence-electron chi connectivity index (χ1n) is 8.33. The Labute approximate surface area is 184 Å². The van der Waals surface area contributed by atoms with Crippen LogP contribution in [-0.4, -0.2) is 43.7 Å². The van der Waals surface area contributed by atoms with Gasteiger partial charge in [-0.05, 0) is 30.2 Å². The smallest absolute Gasteiger partial charge is 0.281 e. The molecule has 0 bridgehead atoms. The number of aryl methyl sites for hydroxylation is 1. The first-order valence-corrected chi connectivity index (χ1v) is 11.3. The Morgan fingerprint density at radius 3 is 1.44 bits per heavy atom. The molecule has 0 amide bonds. The third-order valence-electron chi connectivity index (χ3n) is 4.44. The molecule has 0 radical (unpaired) electrons. The van der Waals surface area contributed by atoms with Gasteiger partial charge in [0.1, 0.15) is 16.5 Å².